The largest absolute Gasteiger partial charge is 0.365 e. The van der Waals surface area contributed by atoms with Gasteiger partial charge in [-0.2, -0.15) is 0 Å². The monoisotopic (exact) mass is 302 g/mol. The van der Waals surface area contributed by atoms with E-state index in [1.54, 1.807) is 6.07 Å². The number of anilines is 1. The van der Waals surface area contributed by atoms with E-state index >= 15 is 0 Å². The second kappa shape index (κ2) is 5.70. The number of nitro groups is 1. The fourth-order valence-electron chi connectivity index (χ4n) is 3.21. The number of piperidine rings is 1. The summed E-state index contributed by atoms with van der Waals surface area (Å²) >= 11 is 0. The summed E-state index contributed by atoms with van der Waals surface area (Å²) in [5.41, 5.74) is 1.34. The Balaban J connectivity index is 1.99. The molecule has 1 aromatic heterocycles. The molecule has 0 amide bonds. The molecule has 0 saturated carbocycles. The van der Waals surface area contributed by atoms with Crippen molar-refractivity contribution in [1.29, 1.82) is 0 Å². The molecule has 1 aliphatic heterocycles. The first kappa shape index (κ1) is 14.4. The van der Waals surface area contributed by atoms with Gasteiger partial charge in [0.2, 0.25) is 0 Å². The van der Waals surface area contributed by atoms with Gasteiger partial charge in [-0.1, -0.05) is 13.8 Å². The van der Waals surface area contributed by atoms with E-state index in [-0.39, 0.29) is 10.6 Å². The van der Waals surface area contributed by atoms with Crippen molar-refractivity contribution in [2.24, 2.45) is 11.8 Å². The van der Waals surface area contributed by atoms with Crippen LogP contribution in [0.4, 0.5) is 11.4 Å². The highest BCUT2D eigenvalue weighted by molar-refractivity contribution is 5.66. The van der Waals surface area contributed by atoms with Crippen LogP contribution in [-0.4, -0.2) is 38.2 Å². The number of benzene rings is 1. The summed E-state index contributed by atoms with van der Waals surface area (Å²) in [6.07, 6.45) is 2.58. The van der Waals surface area contributed by atoms with Crippen LogP contribution in [0.25, 0.3) is 5.69 Å². The first-order valence-electron chi connectivity index (χ1n) is 7.31. The van der Waals surface area contributed by atoms with Gasteiger partial charge in [-0.25, -0.2) is 4.68 Å². The zero-order valence-electron chi connectivity index (χ0n) is 12.6. The highest BCUT2D eigenvalue weighted by Gasteiger charge is 2.27. The van der Waals surface area contributed by atoms with E-state index in [2.05, 4.69) is 34.3 Å². The van der Waals surface area contributed by atoms with E-state index < -0.39 is 0 Å². The second-order valence-electron chi connectivity index (χ2n) is 6.04. The number of nitrogens with zero attached hydrogens (tertiary/aromatic N) is 6. The Bertz CT molecular complexity index is 662. The molecule has 1 aliphatic rings. The average molecular weight is 302 g/mol. The molecule has 2 aromatic rings. The molecule has 0 bridgehead atoms. The summed E-state index contributed by atoms with van der Waals surface area (Å²) in [5.74, 6) is 1.06. The molecule has 0 aliphatic carbocycles. The van der Waals surface area contributed by atoms with Crippen molar-refractivity contribution in [3.05, 3.63) is 34.6 Å². The third-order valence-electron chi connectivity index (χ3n) is 3.98. The molecule has 1 fully saturated rings. The molecule has 8 heteroatoms. The van der Waals surface area contributed by atoms with Crippen LogP contribution in [0, 0.1) is 22.0 Å². The van der Waals surface area contributed by atoms with Gasteiger partial charge in [-0.3, -0.25) is 10.1 Å². The van der Waals surface area contributed by atoms with Crippen LogP contribution in [0.5, 0.6) is 0 Å². The summed E-state index contributed by atoms with van der Waals surface area (Å²) in [5, 5.41) is 22.4. The number of hydrogen-bond acceptors (Lipinski definition) is 6. The molecule has 2 atom stereocenters. The molecular weight excluding hydrogens is 284 g/mol. The quantitative estimate of drug-likeness (QED) is 0.636. The number of aromatic nitrogens is 4. The van der Waals surface area contributed by atoms with E-state index in [4.69, 9.17) is 0 Å². The van der Waals surface area contributed by atoms with Crippen LogP contribution < -0.4 is 4.90 Å². The van der Waals surface area contributed by atoms with Crippen LogP contribution in [0.15, 0.2) is 24.5 Å². The normalized spacial score (nSPS) is 21.8. The summed E-state index contributed by atoms with van der Waals surface area (Å²) < 4.78 is 1.41. The van der Waals surface area contributed by atoms with Crippen LogP contribution in [-0.2, 0) is 0 Å². The van der Waals surface area contributed by atoms with Crippen molar-refractivity contribution in [2.45, 2.75) is 20.3 Å². The minimum atomic E-state index is -0.340. The number of tetrazole rings is 1. The van der Waals surface area contributed by atoms with Gasteiger partial charge in [0, 0.05) is 19.2 Å². The van der Waals surface area contributed by atoms with Crippen LogP contribution in [0.2, 0.25) is 0 Å². The van der Waals surface area contributed by atoms with Crippen molar-refractivity contribution in [2.75, 3.05) is 18.0 Å². The molecule has 8 nitrogen and oxygen atoms in total. The van der Waals surface area contributed by atoms with E-state index in [0.29, 0.717) is 23.2 Å². The SMILES string of the molecule is C[C@@H]1C[C@H](C)CN(c2ccc(-n3cnnn3)cc2[N+](=O)[O-])C1. The lowest BCUT2D eigenvalue weighted by Crippen LogP contribution is -2.39. The molecular formula is C14H18N6O2. The predicted molar refractivity (Wildman–Crippen MR) is 81.0 cm³/mol. The Morgan fingerprint density at radius 2 is 2.00 bits per heavy atom. The second-order valence-corrected chi connectivity index (χ2v) is 6.04. The molecule has 1 aromatic carbocycles. The summed E-state index contributed by atoms with van der Waals surface area (Å²) in [6.45, 7) is 6.05. The molecule has 0 radical (unpaired) electrons. The van der Waals surface area contributed by atoms with Crippen LogP contribution in [0.1, 0.15) is 20.3 Å². The van der Waals surface area contributed by atoms with Crippen molar-refractivity contribution >= 4 is 11.4 Å². The minimum Gasteiger partial charge on any atom is -0.365 e. The maximum absolute atomic E-state index is 11.5. The molecule has 2 heterocycles. The minimum absolute atomic E-state index is 0.0919. The Labute approximate surface area is 127 Å². The number of hydrogen-bond donors (Lipinski definition) is 0. The summed E-state index contributed by atoms with van der Waals surface area (Å²) in [6, 6.07) is 5.12. The number of rotatable bonds is 3. The molecule has 22 heavy (non-hydrogen) atoms. The Hall–Kier alpha value is -2.51. The van der Waals surface area contributed by atoms with Gasteiger partial charge in [0.1, 0.15) is 12.0 Å². The standard InChI is InChI=1S/C14H18N6O2/c1-10-5-11(2)8-18(7-10)13-4-3-12(6-14(13)20(21)22)19-9-15-16-17-19/h3-4,6,9-11H,5,7-8H2,1-2H3/t10-,11+. The van der Waals surface area contributed by atoms with E-state index in [1.165, 1.54) is 17.1 Å². The van der Waals surface area contributed by atoms with Gasteiger partial charge in [0.25, 0.3) is 5.69 Å². The van der Waals surface area contributed by atoms with Crippen molar-refractivity contribution in [3.63, 3.8) is 0 Å². The van der Waals surface area contributed by atoms with Crippen molar-refractivity contribution in [3.8, 4) is 5.69 Å². The van der Waals surface area contributed by atoms with Gasteiger partial charge in [-0.15, -0.1) is 5.10 Å². The van der Waals surface area contributed by atoms with Gasteiger partial charge >= 0.3 is 0 Å². The fraction of sp³-hybridized carbons (Fsp3) is 0.500. The third-order valence-corrected chi connectivity index (χ3v) is 3.98. The summed E-state index contributed by atoms with van der Waals surface area (Å²) in [4.78, 5) is 13.2. The zero-order valence-corrected chi connectivity index (χ0v) is 12.6. The Morgan fingerprint density at radius 3 is 2.59 bits per heavy atom. The lowest BCUT2D eigenvalue weighted by Gasteiger charge is -2.36. The van der Waals surface area contributed by atoms with E-state index in [9.17, 15) is 10.1 Å². The Kier molecular flexibility index (Phi) is 3.74. The van der Waals surface area contributed by atoms with Crippen molar-refractivity contribution in [1.82, 2.24) is 20.2 Å². The van der Waals surface area contributed by atoms with Gasteiger partial charge in [0.05, 0.1) is 10.6 Å². The maximum Gasteiger partial charge on any atom is 0.294 e. The highest BCUT2D eigenvalue weighted by Crippen LogP contribution is 2.34. The molecule has 0 spiro atoms. The fourth-order valence-corrected chi connectivity index (χ4v) is 3.21. The first-order valence-corrected chi connectivity index (χ1v) is 7.31. The van der Waals surface area contributed by atoms with Gasteiger partial charge in [-0.05, 0) is 40.8 Å². The molecule has 116 valence electrons. The lowest BCUT2D eigenvalue weighted by atomic mass is 9.91. The van der Waals surface area contributed by atoms with E-state index in [1.807, 2.05) is 6.07 Å². The number of nitro benzene ring substituents is 1. The van der Waals surface area contributed by atoms with Crippen molar-refractivity contribution < 1.29 is 4.92 Å². The Morgan fingerprint density at radius 1 is 1.27 bits per heavy atom. The van der Waals surface area contributed by atoms with E-state index in [0.717, 1.165) is 19.5 Å². The lowest BCUT2D eigenvalue weighted by molar-refractivity contribution is -0.384. The highest BCUT2D eigenvalue weighted by atomic mass is 16.6. The molecule has 0 N–H and O–H groups in total. The summed E-state index contributed by atoms with van der Waals surface area (Å²) in [7, 11) is 0. The van der Waals surface area contributed by atoms with Gasteiger partial charge in [0.15, 0.2) is 0 Å². The predicted octanol–water partition coefficient (Wildman–Crippen LogP) is 2.05. The first-order chi connectivity index (χ1) is 10.5. The topological polar surface area (TPSA) is 90.0 Å². The third kappa shape index (κ3) is 2.76. The van der Waals surface area contributed by atoms with Crippen LogP contribution >= 0.6 is 0 Å². The van der Waals surface area contributed by atoms with Gasteiger partial charge < -0.3 is 4.90 Å². The maximum atomic E-state index is 11.5. The molecule has 1 saturated heterocycles. The average Bonchev–Trinajstić information content (AvgIpc) is 2.99. The smallest absolute Gasteiger partial charge is 0.294 e. The molecule has 0 unspecified atom stereocenters. The zero-order chi connectivity index (χ0) is 15.7. The molecule has 3 rings (SSSR count). The van der Waals surface area contributed by atoms with Crippen LogP contribution in [0.3, 0.4) is 0 Å².